The van der Waals surface area contributed by atoms with Gasteiger partial charge < -0.3 is 19.5 Å². The molecule has 3 rings (SSSR count). The van der Waals surface area contributed by atoms with Crippen LogP contribution in [0.25, 0.3) is 0 Å². The van der Waals surface area contributed by atoms with Crippen molar-refractivity contribution in [2.75, 3.05) is 26.1 Å². The zero-order valence-electron chi connectivity index (χ0n) is 18.4. The molecule has 0 spiro atoms. The van der Waals surface area contributed by atoms with Crippen molar-refractivity contribution in [3.63, 3.8) is 0 Å². The first-order valence-corrected chi connectivity index (χ1v) is 10.9. The molecule has 0 saturated carbocycles. The van der Waals surface area contributed by atoms with Gasteiger partial charge in [-0.1, -0.05) is 19.9 Å². The zero-order chi connectivity index (χ0) is 22.7. The number of carbonyl (C=O) groups is 3. The first-order valence-electron chi connectivity index (χ1n) is 10.1. The van der Waals surface area contributed by atoms with E-state index in [-0.39, 0.29) is 12.2 Å². The van der Waals surface area contributed by atoms with Gasteiger partial charge in [-0.15, -0.1) is 11.3 Å². The monoisotopic (exact) mass is 445 g/mol. The summed E-state index contributed by atoms with van der Waals surface area (Å²) >= 11 is 1.29. The molecule has 7 nitrogen and oxygen atoms in total. The lowest BCUT2D eigenvalue weighted by Crippen LogP contribution is -2.22. The van der Waals surface area contributed by atoms with Crippen LogP contribution in [-0.4, -0.2) is 38.7 Å². The van der Waals surface area contributed by atoms with Crippen molar-refractivity contribution >= 4 is 34.2 Å². The highest BCUT2D eigenvalue weighted by Gasteiger charge is 2.38. The fourth-order valence-electron chi connectivity index (χ4n) is 3.93. The largest absolute Gasteiger partial charge is 0.484 e. The highest BCUT2D eigenvalue weighted by atomic mass is 32.1. The Morgan fingerprint density at radius 3 is 2.55 bits per heavy atom. The summed E-state index contributed by atoms with van der Waals surface area (Å²) in [7, 11) is 2.59. The first kappa shape index (κ1) is 22.8. The molecule has 1 aliphatic rings. The summed E-state index contributed by atoms with van der Waals surface area (Å²) in [6.45, 7) is 6.05. The quantitative estimate of drug-likeness (QED) is 0.643. The Labute approximate surface area is 185 Å². The minimum absolute atomic E-state index is 0.204. The Morgan fingerprint density at radius 2 is 1.94 bits per heavy atom. The second kappa shape index (κ2) is 9.51. The molecule has 1 aromatic heterocycles. The molecule has 0 bridgehead atoms. The number of aryl methyl sites for hydroxylation is 2. The number of carbonyl (C=O) groups excluding carboxylic acids is 3. The van der Waals surface area contributed by atoms with Crippen LogP contribution in [0, 0.1) is 6.92 Å². The van der Waals surface area contributed by atoms with E-state index in [0.717, 1.165) is 10.4 Å². The van der Waals surface area contributed by atoms with Crippen LogP contribution in [0.1, 0.15) is 64.0 Å². The van der Waals surface area contributed by atoms with E-state index in [0.29, 0.717) is 35.1 Å². The van der Waals surface area contributed by atoms with Gasteiger partial charge in [-0.2, -0.15) is 0 Å². The lowest BCUT2D eigenvalue weighted by Gasteiger charge is -2.13. The SMILES string of the molecule is COC(=O)c1c(NC(=O)COc2ccc(C(C)C)c(C)c2)sc2c1C(C(=O)OC)CC2. The van der Waals surface area contributed by atoms with Crippen LogP contribution in [0.15, 0.2) is 18.2 Å². The molecule has 1 N–H and O–H groups in total. The topological polar surface area (TPSA) is 90.9 Å². The van der Waals surface area contributed by atoms with Crippen LogP contribution < -0.4 is 10.1 Å². The Hall–Kier alpha value is -2.87. The van der Waals surface area contributed by atoms with E-state index >= 15 is 0 Å². The molecule has 1 amide bonds. The molecular weight excluding hydrogens is 418 g/mol. The van der Waals surface area contributed by atoms with Crippen LogP contribution >= 0.6 is 11.3 Å². The van der Waals surface area contributed by atoms with Crippen LogP contribution in [0.5, 0.6) is 5.75 Å². The fourth-order valence-corrected chi connectivity index (χ4v) is 5.21. The number of nitrogens with one attached hydrogen (secondary N) is 1. The van der Waals surface area contributed by atoms with E-state index in [9.17, 15) is 14.4 Å². The molecule has 166 valence electrons. The van der Waals surface area contributed by atoms with E-state index in [1.165, 1.54) is 31.1 Å². The summed E-state index contributed by atoms with van der Waals surface area (Å²) < 4.78 is 15.4. The third-order valence-corrected chi connectivity index (χ3v) is 6.57. The van der Waals surface area contributed by atoms with E-state index < -0.39 is 23.8 Å². The van der Waals surface area contributed by atoms with Gasteiger partial charge in [0.05, 0.1) is 25.7 Å². The van der Waals surface area contributed by atoms with Crippen LogP contribution in [0.4, 0.5) is 5.00 Å². The lowest BCUT2D eigenvalue weighted by molar-refractivity contribution is -0.142. The number of rotatable bonds is 7. The van der Waals surface area contributed by atoms with Crippen LogP contribution in [0.3, 0.4) is 0 Å². The van der Waals surface area contributed by atoms with Gasteiger partial charge in [0.15, 0.2) is 6.61 Å². The van der Waals surface area contributed by atoms with Crippen molar-refractivity contribution in [3.8, 4) is 5.75 Å². The number of ether oxygens (including phenoxy) is 3. The summed E-state index contributed by atoms with van der Waals surface area (Å²) in [4.78, 5) is 38.0. The van der Waals surface area contributed by atoms with Crippen molar-refractivity contribution in [1.29, 1.82) is 0 Å². The number of thiophene rings is 1. The smallest absolute Gasteiger partial charge is 0.341 e. The van der Waals surface area contributed by atoms with Gasteiger partial charge in [0.2, 0.25) is 0 Å². The third-order valence-electron chi connectivity index (χ3n) is 5.39. The van der Waals surface area contributed by atoms with E-state index in [4.69, 9.17) is 14.2 Å². The number of amides is 1. The summed E-state index contributed by atoms with van der Waals surface area (Å²) in [5, 5.41) is 3.11. The first-order chi connectivity index (χ1) is 14.8. The maximum absolute atomic E-state index is 12.5. The molecular formula is C23H27NO6S. The molecule has 2 aromatic rings. The maximum atomic E-state index is 12.5. The molecule has 0 radical (unpaired) electrons. The normalized spacial score (nSPS) is 14.8. The van der Waals surface area contributed by atoms with Crippen molar-refractivity contribution in [2.24, 2.45) is 0 Å². The van der Waals surface area contributed by atoms with E-state index in [1.54, 1.807) is 0 Å². The van der Waals surface area contributed by atoms with Gasteiger partial charge in [-0.05, 0) is 54.5 Å². The summed E-state index contributed by atoms with van der Waals surface area (Å²) in [6, 6.07) is 5.75. The Balaban J connectivity index is 1.75. The second-order valence-corrected chi connectivity index (χ2v) is 8.86. The molecule has 1 unspecified atom stereocenters. The van der Waals surface area contributed by atoms with Gasteiger partial charge in [-0.25, -0.2) is 4.79 Å². The highest BCUT2D eigenvalue weighted by Crippen LogP contribution is 2.45. The van der Waals surface area contributed by atoms with Crippen molar-refractivity contribution < 1.29 is 28.6 Å². The van der Waals surface area contributed by atoms with Crippen LogP contribution in [0.2, 0.25) is 0 Å². The number of esters is 2. The number of fused-ring (bicyclic) bond motifs is 1. The zero-order valence-corrected chi connectivity index (χ0v) is 19.2. The molecule has 8 heteroatoms. The molecule has 1 atom stereocenters. The number of benzene rings is 1. The van der Waals surface area contributed by atoms with Crippen molar-refractivity contribution in [3.05, 3.63) is 45.3 Å². The number of hydrogen-bond acceptors (Lipinski definition) is 7. The molecule has 1 aliphatic carbocycles. The summed E-state index contributed by atoms with van der Waals surface area (Å²) in [6.07, 6.45) is 1.21. The summed E-state index contributed by atoms with van der Waals surface area (Å²) in [5.74, 6) is -0.916. The molecule has 0 aliphatic heterocycles. The van der Waals surface area contributed by atoms with Gasteiger partial charge in [0.25, 0.3) is 5.91 Å². The maximum Gasteiger partial charge on any atom is 0.341 e. The standard InChI is InChI=1S/C23H27NO6S/c1-12(2)15-7-6-14(10-13(15)3)30-11-18(25)24-21-20(23(27)29-5)19-16(22(26)28-4)8-9-17(19)31-21/h6-7,10,12,16H,8-9,11H2,1-5H3,(H,24,25). The third kappa shape index (κ3) is 4.74. The molecule has 1 heterocycles. The second-order valence-electron chi connectivity index (χ2n) is 7.76. The van der Waals surface area contributed by atoms with Crippen LogP contribution in [-0.2, 0) is 25.5 Å². The molecule has 31 heavy (non-hydrogen) atoms. The number of hydrogen-bond donors (Lipinski definition) is 1. The average molecular weight is 446 g/mol. The van der Waals surface area contributed by atoms with Crippen molar-refractivity contribution in [1.82, 2.24) is 0 Å². The number of methoxy groups -OCH3 is 2. The van der Waals surface area contributed by atoms with E-state index in [1.807, 2.05) is 25.1 Å². The van der Waals surface area contributed by atoms with Gasteiger partial charge in [0, 0.05) is 4.88 Å². The predicted molar refractivity (Wildman–Crippen MR) is 118 cm³/mol. The average Bonchev–Trinajstić information content (AvgIpc) is 3.29. The minimum Gasteiger partial charge on any atom is -0.484 e. The van der Waals surface area contributed by atoms with Gasteiger partial charge in [0.1, 0.15) is 10.8 Å². The highest BCUT2D eigenvalue weighted by molar-refractivity contribution is 7.17. The minimum atomic E-state index is -0.593. The number of anilines is 1. The fraction of sp³-hybridized carbons (Fsp3) is 0.435. The van der Waals surface area contributed by atoms with E-state index in [2.05, 4.69) is 19.2 Å². The predicted octanol–water partition coefficient (Wildman–Crippen LogP) is 4.19. The lowest BCUT2D eigenvalue weighted by atomic mass is 9.98. The molecule has 1 aromatic carbocycles. The summed E-state index contributed by atoms with van der Waals surface area (Å²) in [5.41, 5.74) is 3.15. The van der Waals surface area contributed by atoms with Gasteiger partial charge >= 0.3 is 11.9 Å². The Kier molecular flexibility index (Phi) is 7.00. The Bertz CT molecular complexity index is 1010. The Morgan fingerprint density at radius 1 is 1.19 bits per heavy atom. The molecule has 0 fully saturated rings. The van der Waals surface area contributed by atoms with Gasteiger partial charge in [-0.3, -0.25) is 9.59 Å². The van der Waals surface area contributed by atoms with Crippen molar-refractivity contribution in [2.45, 2.75) is 45.4 Å². The molecule has 0 saturated heterocycles.